The first-order valence-electron chi connectivity index (χ1n) is 21.6. The van der Waals surface area contributed by atoms with Crippen molar-refractivity contribution in [3.8, 4) is 34.2 Å². The van der Waals surface area contributed by atoms with E-state index in [-0.39, 0.29) is 5.82 Å². The zero-order chi connectivity index (χ0) is 43.8. The molecule has 0 aliphatic carbocycles. The Kier molecular flexibility index (Phi) is 9.54. The molecule has 2 saturated heterocycles. The molecule has 0 spiro atoms. The van der Waals surface area contributed by atoms with E-state index in [0.717, 1.165) is 116 Å². The van der Waals surface area contributed by atoms with Crippen LogP contribution in [0.4, 0.5) is 15.8 Å². The third kappa shape index (κ3) is 6.83. The molecule has 0 unspecified atom stereocenters. The average molecular weight is 886 g/mol. The van der Waals surface area contributed by atoms with Gasteiger partial charge in [-0.05, 0) is 74.0 Å². The summed E-state index contributed by atoms with van der Waals surface area (Å²) in [6.07, 6.45) is 3.78. The van der Waals surface area contributed by atoms with E-state index in [2.05, 4.69) is 69.5 Å². The van der Waals surface area contributed by atoms with Crippen molar-refractivity contribution < 1.29 is 13.9 Å². The maximum atomic E-state index is 15.0. The van der Waals surface area contributed by atoms with Crippen LogP contribution >= 0.6 is 11.6 Å². The van der Waals surface area contributed by atoms with Gasteiger partial charge in [0.25, 0.3) is 0 Å². The summed E-state index contributed by atoms with van der Waals surface area (Å²) >= 11 is 7.09. The van der Waals surface area contributed by atoms with Crippen molar-refractivity contribution in [2.24, 2.45) is 0 Å². The number of nitrogens with zero attached hydrogens (tertiary/aromatic N) is 11. The Bertz CT molecular complexity index is 3460. The first-order chi connectivity index (χ1) is 31.8. The number of aryl methyl sites for hydroxylation is 2. The largest absolute Gasteiger partial charge is 0.378 e. The minimum Gasteiger partial charge on any atom is -0.378 e. The molecule has 0 saturated carbocycles. The van der Waals surface area contributed by atoms with Crippen LogP contribution in [0.15, 0.2) is 91.4 Å². The number of rotatable bonds is 8. The number of fused-ring (bicyclic) bond motifs is 4. The second kappa shape index (κ2) is 15.8. The minimum atomic E-state index is -0.267. The fourth-order valence-electron chi connectivity index (χ4n) is 9.44. The highest BCUT2D eigenvalue weighted by Crippen LogP contribution is 2.38. The molecule has 324 valence electrons. The summed E-state index contributed by atoms with van der Waals surface area (Å²) in [7, 11) is 0. The lowest BCUT2D eigenvalue weighted by Gasteiger charge is -2.29. The fraction of sp³-hybridized carbons (Fsp3) is 0.229. The molecule has 5 aromatic carbocycles. The van der Waals surface area contributed by atoms with Crippen LogP contribution in [0.3, 0.4) is 0 Å². The Morgan fingerprint density at radius 2 is 1.37 bits per heavy atom. The summed E-state index contributed by atoms with van der Waals surface area (Å²) < 4.78 is 30.6. The van der Waals surface area contributed by atoms with Crippen LogP contribution in [-0.2, 0) is 15.9 Å². The lowest BCUT2D eigenvalue weighted by molar-refractivity contribution is 0.122. The number of nitrogens with one attached hydrogen (secondary N) is 2. The average Bonchev–Trinajstić information content (AvgIpc) is 4.16. The summed E-state index contributed by atoms with van der Waals surface area (Å²) in [5.74, 6) is 3.11. The topological polar surface area (TPSA) is 157 Å². The van der Waals surface area contributed by atoms with Gasteiger partial charge in [-0.15, -0.1) is 0 Å². The molecular weight excluding hydrogens is 845 g/mol. The number of hydrogen-bond acceptors (Lipinski definition) is 11. The van der Waals surface area contributed by atoms with E-state index < -0.39 is 0 Å². The van der Waals surface area contributed by atoms with Crippen LogP contribution in [0, 0.1) is 19.7 Å². The van der Waals surface area contributed by atoms with Gasteiger partial charge in [0.2, 0.25) is 0 Å². The molecule has 17 heteroatoms. The number of pyridine rings is 1. The molecule has 5 aromatic heterocycles. The van der Waals surface area contributed by atoms with Crippen molar-refractivity contribution in [3.63, 3.8) is 0 Å². The molecule has 2 aliphatic heterocycles. The standard InChI is InChI=1S/C48H41ClFN13O2/c1-27-54-45-36(47-52-26-53-58-47)21-31(60-9-13-64-14-10-60)23-42(45)62(27)33-17-30-18-38(49)29(19-40(30)51-25-33)20-44-56-48(59-57-44)37-22-32(61-11-15-65-16-12-61)24-43-46(37)55-28(2)63(43)41-8-7-39(50)34-5-3-4-6-35(34)41/h3-8,17-19,21-26H,9-16,20H2,1-2H3,(H,52,53,58)(H,56,57,59). The van der Waals surface area contributed by atoms with E-state index in [9.17, 15) is 0 Å². The molecule has 0 atom stereocenters. The smallest absolute Gasteiger partial charge is 0.183 e. The molecule has 0 radical (unpaired) electrons. The molecule has 2 aliphatic rings. The maximum Gasteiger partial charge on any atom is 0.183 e. The molecule has 65 heavy (non-hydrogen) atoms. The first kappa shape index (κ1) is 39.3. The predicted octanol–water partition coefficient (Wildman–Crippen LogP) is 8.31. The zero-order valence-corrected chi connectivity index (χ0v) is 36.3. The Morgan fingerprint density at radius 1 is 0.692 bits per heavy atom. The van der Waals surface area contributed by atoms with Crippen molar-refractivity contribution in [2.75, 3.05) is 62.4 Å². The molecule has 0 amide bonds. The normalized spacial score (nSPS) is 14.8. The van der Waals surface area contributed by atoms with Gasteiger partial charge in [-0.3, -0.25) is 24.3 Å². The zero-order valence-electron chi connectivity index (χ0n) is 35.5. The van der Waals surface area contributed by atoms with Gasteiger partial charge in [0.15, 0.2) is 11.6 Å². The van der Waals surface area contributed by atoms with Crippen LogP contribution < -0.4 is 9.80 Å². The van der Waals surface area contributed by atoms with E-state index in [1.807, 2.05) is 56.4 Å². The Balaban J connectivity index is 0.897. The number of H-pyrrole nitrogens is 2. The van der Waals surface area contributed by atoms with Crippen molar-refractivity contribution >= 4 is 66.7 Å². The van der Waals surface area contributed by atoms with E-state index in [1.165, 1.54) is 12.4 Å². The number of ether oxygens (including phenoxy) is 2. The van der Waals surface area contributed by atoms with E-state index in [4.69, 9.17) is 46.1 Å². The Morgan fingerprint density at radius 3 is 2.09 bits per heavy atom. The second-order valence-corrected chi connectivity index (χ2v) is 16.9. The highest BCUT2D eigenvalue weighted by Gasteiger charge is 2.24. The quantitative estimate of drug-likeness (QED) is 0.151. The summed E-state index contributed by atoms with van der Waals surface area (Å²) in [5.41, 5.74) is 10.4. The van der Waals surface area contributed by atoms with Crippen molar-refractivity contribution in [3.05, 3.63) is 125 Å². The number of morpholine rings is 2. The summed E-state index contributed by atoms with van der Waals surface area (Å²) in [6, 6.07) is 25.5. The van der Waals surface area contributed by atoms with Gasteiger partial charge in [-0.1, -0.05) is 35.9 Å². The number of aromatic nitrogens is 11. The fourth-order valence-corrected chi connectivity index (χ4v) is 9.67. The molecule has 10 aromatic rings. The molecular formula is C48H41ClFN13O2. The van der Waals surface area contributed by atoms with Crippen LogP contribution in [0.25, 0.3) is 77.9 Å². The molecule has 7 heterocycles. The van der Waals surface area contributed by atoms with Crippen molar-refractivity contribution in [2.45, 2.75) is 20.3 Å². The SMILES string of the molecule is Cc1nc2c(-c3ncn[nH]3)cc(N3CCOCC3)cc2n1-c1cnc2cc(Cc3nc(-c4cc(N5CCOCC5)cc5c4nc(C)n5-c4ccc(F)c5ccccc45)n[nH]3)c(Cl)cc2c1. The highest BCUT2D eigenvalue weighted by molar-refractivity contribution is 6.32. The maximum absolute atomic E-state index is 15.0. The Labute approximate surface area is 375 Å². The van der Waals surface area contributed by atoms with Crippen molar-refractivity contribution in [1.29, 1.82) is 0 Å². The lowest BCUT2D eigenvalue weighted by Crippen LogP contribution is -2.36. The van der Waals surface area contributed by atoms with Crippen molar-refractivity contribution in [1.82, 2.24) is 54.4 Å². The number of hydrogen-bond donors (Lipinski definition) is 2. The van der Waals surface area contributed by atoms with Gasteiger partial charge in [0, 0.05) is 70.7 Å². The number of benzene rings is 5. The number of anilines is 2. The van der Waals surface area contributed by atoms with Gasteiger partial charge in [-0.2, -0.15) is 10.2 Å². The van der Waals surface area contributed by atoms with Crippen LogP contribution in [0.2, 0.25) is 5.02 Å². The van der Waals surface area contributed by atoms with Gasteiger partial charge in [0.1, 0.15) is 40.7 Å². The van der Waals surface area contributed by atoms with Gasteiger partial charge < -0.3 is 19.3 Å². The van der Waals surface area contributed by atoms with Gasteiger partial charge in [0.05, 0.1) is 66.1 Å². The predicted molar refractivity (Wildman–Crippen MR) is 249 cm³/mol. The second-order valence-electron chi connectivity index (χ2n) is 16.5. The first-order valence-corrected chi connectivity index (χ1v) is 22.0. The summed E-state index contributed by atoms with van der Waals surface area (Å²) in [6.45, 7) is 9.61. The molecule has 0 bridgehead atoms. The molecule has 12 rings (SSSR count). The number of aromatic amines is 2. The third-order valence-electron chi connectivity index (χ3n) is 12.6. The van der Waals surface area contributed by atoms with Gasteiger partial charge >= 0.3 is 0 Å². The van der Waals surface area contributed by atoms with E-state index >= 15 is 4.39 Å². The van der Waals surface area contributed by atoms with Crippen LogP contribution in [-0.4, -0.2) is 107 Å². The van der Waals surface area contributed by atoms with Crippen LogP contribution in [0.5, 0.6) is 0 Å². The summed E-state index contributed by atoms with van der Waals surface area (Å²) in [5, 5.41) is 17.9. The molecule has 2 fully saturated rings. The molecule has 15 nitrogen and oxygen atoms in total. The number of imidazole rings is 2. The highest BCUT2D eigenvalue weighted by atomic mass is 35.5. The number of halogens is 2. The third-order valence-corrected chi connectivity index (χ3v) is 12.9. The van der Waals surface area contributed by atoms with E-state index in [0.29, 0.717) is 60.7 Å². The van der Waals surface area contributed by atoms with Crippen LogP contribution in [0.1, 0.15) is 23.0 Å². The minimum absolute atomic E-state index is 0.267. The van der Waals surface area contributed by atoms with E-state index in [1.54, 1.807) is 6.07 Å². The Hall–Kier alpha value is -7.27. The molecule has 2 N–H and O–H groups in total. The van der Waals surface area contributed by atoms with Gasteiger partial charge in [-0.25, -0.2) is 24.3 Å². The monoisotopic (exact) mass is 885 g/mol. The lowest BCUT2D eigenvalue weighted by atomic mass is 10.1. The summed E-state index contributed by atoms with van der Waals surface area (Å²) in [4.78, 5) is 29.2.